The van der Waals surface area contributed by atoms with Gasteiger partial charge in [-0.25, -0.2) is 0 Å². The Morgan fingerprint density at radius 1 is 1.22 bits per heavy atom. The van der Waals surface area contributed by atoms with Crippen molar-refractivity contribution in [1.29, 1.82) is 0 Å². The zero-order chi connectivity index (χ0) is 6.27. The second kappa shape index (κ2) is 1.96. The zero-order valence-corrected chi connectivity index (χ0v) is 5.67. The van der Waals surface area contributed by atoms with Gasteiger partial charge in [0.1, 0.15) is 0 Å². The summed E-state index contributed by atoms with van der Waals surface area (Å²) >= 11 is 0. The first-order valence-corrected chi connectivity index (χ1v) is 3.67. The van der Waals surface area contributed by atoms with Crippen molar-refractivity contribution in [2.75, 3.05) is 0 Å². The lowest BCUT2D eigenvalue weighted by Gasteiger charge is -2.16. The molecule has 0 N–H and O–H groups in total. The summed E-state index contributed by atoms with van der Waals surface area (Å²) in [5.41, 5.74) is 0. The van der Waals surface area contributed by atoms with E-state index in [2.05, 4.69) is 6.92 Å². The predicted molar refractivity (Wildman–Crippen MR) is 33.1 cm³/mol. The third kappa shape index (κ3) is 0.864. The Morgan fingerprint density at radius 3 is 2.78 bits per heavy atom. The van der Waals surface area contributed by atoms with E-state index < -0.39 is 0 Å². The number of hydrogen-bond donors (Lipinski definition) is 0. The maximum Gasteiger partial charge on any atom is 0.158 e. The van der Waals surface area contributed by atoms with Crippen molar-refractivity contribution >= 4 is 0 Å². The monoisotopic (exact) mass is 128 g/mol. The largest absolute Gasteiger partial charge is 0.347 e. The van der Waals surface area contributed by atoms with Crippen LogP contribution in [0.15, 0.2) is 0 Å². The van der Waals surface area contributed by atoms with E-state index in [-0.39, 0.29) is 6.29 Å². The molecule has 0 saturated carbocycles. The molecule has 2 bridgehead atoms. The van der Waals surface area contributed by atoms with E-state index in [4.69, 9.17) is 9.47 Å². The van der Waals surface area contributed by atoms with Crippen LogP contribution in [0.3, 0.4) is 0 Å². The molecule has 2 rings (SSSR count). The Bertz CT molecular complexity index is 111. The normalized spacial score (nSPS) is 49.7. The molecule has 2 nitrogen and oxygen atoms in total. The lowest BCUT2D eigenvalue weighted by molar-refractivity contribution is -0.0855. The third-order valence-electron chi connectivity index (χ3n) is 2.15. The standard InChI is InChI=1S/C7H12O2/c1-5-6-3-2-4-7(8-5)9-6/h5-7H,2-4H2,1H3/t5-,6+,7-/m0/s1. The van der Waals surface area contributed by atoms with E-state index in [0.29, 0.717) is 12.2 Å². The molecule has 2 aliphatic rings. The third-order valence-corrected chi connectivity index (χ3v) is 2.15. The minimum atomic E-state index is 0.138. The minimum absolute atomic E-state index is 0.138. The van der Waals surface area contributed by atoms with Crippen LogP contribution in [0, 0.1) is 0 Å². The first-order valence-electron chi connectivity index (χ1n) is 3.67. The Kier molecular flexibility index (Phi) is 1.24. The van der Waals surface area contributed by atoms with E-state index in [1.165, 1.54) is 12.8 Å². The Labute approximate surface area is 55.1 Å². The van der Waals surface area contributed by atoms with E-state index >= 15 is 0 Å². The molecular formula is C7H12O2. The number of fused-ring (bicyclic) bond motifs is 2. The molecule has 0 spiro atoms. The molecule has 2 aliphatic heterocycles. The van der Waals surface area contributed by atoms with Crippen LogP contribution < -0.4 is 0 Å². The lowest BCUT2D eigenvalue weighted by Crippen LogP contribution is -2.21. The van der Waals surface area contributed by atoms with Crippen molar-refractivity contribution in [3.8, 4) is 0 Å². The van der Waals surface area contributed by atoms with E-state index in [0.717, 1.165) is 6.42 Å². The highest BCUT2D eigenvalue weighted by Gasteiger charge is 2.35. The van der Waals surface area contributed by atoms with Gasteiger partial charge < -0.3 is 9.47 Å². The summed E-state index contributed by atoms with van der Waals surface area (Å²) < 4.78 is 11.0. The van der Waals surface area contributed by atoms with Crippen molar-refractivity contribution in [2.24, 2.45) is 0 Å². The van der Waals surface area contributed by atoms with Crippen LogP contribution in [0.5, 0.6) is 0 Å². The van der Waals surface area contributed by atoms with Gasteiger partial charge >= 0.3 is 0 Å². The summed E-state index contributed by atoms with van der Waals surface area (Å²) in [6.07, 6.45) is 4.46. The predicted octanol–water partition coefficient (Wildman–Crippen LogP) is 1.30. The number of hydrogen-bond acceptors (Lipinski definition) is 2. The molecule has 2 saturated heterocycles. The highest BCUT2D eigenvalue weighted by molar-refractivity contribution is 4.78. The molecule has 2 fully saturated rings. The summed E-state index contributed by atoms with van der Waals surface area (Å²) in [4.78, 5) is 0. The second-order valence-corrected chi connectivity index (χ2v) is 2.88. The van der Waals surface area contributed by atoms with E-state index in [1.807, 2.05) is 0 Å². The molecule has 2 heterocycles. The van der Waals surface area contributed by atoms with Gasteiger partial charge in [0.2, 0.25) is 0 Å². The number of ether oxygens (including phenoxy) is 2. The van der Waals surface area contributed by atoms with Gasteiger partial charge in [0, 0.05) is 0 Å². The van der Waals surface area contributed by atoms with Crippen LogP contribution in [0.4, 0.5) is 0 Å². The molecule has 3 atom stereocenters. The van der Waals surface area contributed by atoms with Gasteiger partial charge in [0.15, 0.2) is 6.29 Å². The van der Waals surface area contributed by atoms with Crippen molar-refractivity contribution in [2.45, 2.75) is 44.7 Å². The van der Waals surface area contributed by atoms with Crippen LogP contribution in [0.2, 0.25) is 0 Å². The molecule has 0 amide bonds. The van der Waals surface area contributed by atoms with Gasteiger partial charge in [0.05, 0.1) is 12.2 Å². The van der Waals surface area contributed by atoms with Gasteiger partial charge in [-0.2, -0.15) is 0 Å². The van der Waals surface area contributed by atoms with Gasteiger partial charge in [-0.3, -0.25) is 0 Å². The molecule has 0 aliphatic carbocycles. The van der Waals surface area contributed by atoms with Crippen molar-refractivity contribution in [1.82, 2.24) is 0 Å². The van der Waals surface area contributed by atoms with Crippen LogP contribution in [-0.2, 0) is 9.47 Å². The van der Waals surface area contributed by atoms with Crippen LogP contribution in [-0.4, -0.2) is 18.5 Å². The highest BCUT2D eigenvalue weighted by atomic mass is 16.7. The molecule has 0 unspecified atom stereocenters. The fourth-order valence-electron chi connectivity index (χ4n) is 1.59. The molecule has 52 valence electrons. The summed E-state index contributed by atoms with van der Waals surface area (Å²) in [5, 5.41) is 0. The maximum absolute atomic E-state index is 5.49. The quantitative estimate of drug-likeness (QED) is 0.489. The molecule has 0 aromatic heterocycles. The lowest BCUT2D eigenvalue weighted by atomic mass is 10.1. The van der Waals surface area contributed by atoms with Gasteiger partial charge in [-0.15, -0.1) is 0 Å². The molecule has 9 heavy (non-hydrogen) atoms. The topological polar surface area (TPSA) is 18.5 Å². The molecule has 0 radical (unpaired) electrons. The Hall–Kier alpha value is -0.0800. The van der Waals surface area contributed by atoms with Crippen LogP contribution >= 0.6 is 0 Å². The van der Waals surface area contributed by atoms with Gasteiger partial charge in [-0.1, -0.05) is 0 Å². The average molecular weight is 128 g/mol. The first kappa shape index (κ1) is 5.69. The maximum atomic E-state index is 5.49. The van der Waals surface area contributed by atoms with Gasteiger partial charge in [-0.05, 0) is 26.2 Å². The van der Waals surface area contributed by atoms with Crippen LogP contribution in [0.1, 0.15) is 26.2 Å². The minimum Gasteiger partial charge on any atom is -0.347 e. The Morgan fingerprint density at radius 2 is 2.11 bits per heavy atom. The van der Waals surface area contributed by atoms with Crippen LogP contribution in [0.25, 0.3) is 0 Å². The second-order valence-electron chi connectivity index (χ2n) is 2.88. The summed E-state index contributed by atoms with van der Waals surface area (Å²) in [7, 11) is 0. The Balaban J connectivity index is 2.07. The average Bonchev–Trinajstić information content (AvgIpc) is 2.09. The number of rotatable bonds is 0. The summed E-state index contributed by atoms with van der Waals surface area (Å²) in [5.74, 6) is 0. The summed E-state index contributed by atoms with van der Waals surface area (Å²) in [6.45, 7) is 2.09. The molecular weight excluding hydrogens is 116 g/mol. The fourth-order valence-corrected chi connectivity index (χ4v) is 1.59. The van der Waals surface area contributed by atoms with Gasteiger partial charge in [0.25, 0.3) is 0 Å². The first-order chi connectivity index (χ1) is 4.36. The summed E-state index contributed by atoms with van der Waals surface area (Å²) in [6, 6.07) is 0. The zero-order valence-electron chi connectivity index (χ0n) is 5.67. The molecule has 2 heteroatoms. The molecule has 0 aromatic rings. The fraction of sp³-hybridized carbons (Fsp3) is 1.00. The van der Waals surface area contributed by atoms with E-state index in [9.17, 15) is 0 Å². The van der Waals surface area contributed by atoms with E-state index in [1.54, 1.807) is 0 Å². The van der Waals surface area contributed by atoms with Crippen molar-refractivity contribution in [3.05, 3.63) is 0 Å². The SMILES string of the molecule is C[C@@H]1O[C@@H]2CCC[C@H]1O2. The molecule has 0 aromatic carbocycles. The smallest absolute Gasteiger partial charge is 0.158 e. The highest BCUT2D eigenvalue weighted by Crippen LogP contribution is 2.30. The van der Waals surface area contributed by atoms with Crippen molar-refractivity contribution < 1.29 is 9.47 Å². The van der Waals surface area contributed by atoms with Crippen molar-refractivity contribution in [3.63, 3.8) is 0 Å².